The SMILES string of the molecule is CCOC(=O)[C@H](C)C[C@@H](C)C(=O)OCC. The van der Waals surface area contributed by atoms with Gasteiger partial charge in [0, 0.05) is 0 Å². The lowest BCUT2D eigenvalue weighted by molar-refractivity contribution is -0.151. The summed E-state index contributed by atoms with van der Waals surface area (Å²) in [4.78, 5) is 22.6. The Balaban J connectivity index is 3.99. The lowest BCUT2D eigenvalue weighted by atomic mass is 9.97. The Hall–Kier alpha value is -1.06. The van der Waals surface area contributed by atoms with Crippen LogP contribution in [-0.2, 0) is 19.1 Å². The van der Waals surface area contributed by atoms with Crippen LogP contribution in [0.3, 0.4) is 0 Å². The van der Waals surface area contributed by atoms with Gasteiger partial charge >= 0.3 is 11.9 Å². The summed E-state index contributed by atoms with van der Waals surface area (Å²) in [6, 6.07) is 0. The normalized spacial score (nSPS) is 14.1. The summed E-state index contributed by atoms with van der Waals surface area (Å²) in [5.41, 5.74) is 0. The highest BCUT2D eigenvalue weighted by Crippen LogP contribution is 2.14. The molecule has 0 aliphatic heterocycles. The molecule has 0 N–H and O–H groups in total. The second kappa shape index (κ2) is 7.26. The molecule has 0 amide bonds. The van der Waals surface area contributed by atoms with Crippen LogP contribution in [0.5, 0.6) is 0 Å². The molecule has 0 saturated carbocycles. The van der Waals surface area contributed by atoms with Crippen molar-refractivity contribution >= 4 is 11.9 Å². The summed E-state index contributed by atoms with van der Waals surface area (Å²) in [6.45, 7) is 7.79. The van der Waals surface area contributed by atoms with E-state index in [9.17, 15) is 9.59 Å². The first kappa shape index (κ1) is 13.9. The van der Waals surface area contributed by atoms with E-state index in [0.717, 1.165) is 0 Å². The van der Waals surface area contributed by atoms with Gasteiger partial charge in [0.15, 0.2) is 0 Å². The zero-order chi connectivity index (χ0) is 11.8. The fourth-order valence-corrected chi connectivity index (χ4v) is 1.29. The maximum Gasteiger partial charge on any atom is 0.308 e. The monoisotopic (exact) mass is 216 g/mol. The molecule has 88 valence electrons. The average Bonchev–Trinajstić information content (AvgIpc) is 2.18. The van der Waals surface area contributed by atoms with Crippen molar-refractivity contribution in [3.63, 3.8) is 0 Å². The predicted octanol–water partition coefficient (Wildman–Crippen LogP) is 1.77. The van der Waals surface area contributed by atoms with Crippen LogP contribution in [-0.4, -0.2) is 25.2 Å². The molecule has 4 nitrogen and oxygen atoms in total. The van der Waals surface area contributed by atoms with Crippen LogP contribution >= 0.6 is 0 Å². The van der Waals surface area contributed by atoms with E-state index in [1.54, 1.807) is 27.7 Å². The van der Waals surface area contributed by atoms with Crippen molar-refractivity contribution in [3.05, 3.63) is 0 Å². The van der Waals surface area contributed by atoms with Crippen LogP contribution in [0.15, 0.2) is 0 Å². The first-order valence-electron chi connectivity index (χ1n) is 5.36. The molecule has 0 rings (SSSR count). The lowest BCUT2D eigenvalue weighted by Gasteiger charge is -2.14. The summed E-state index contributed by atoms with van der Waals surface area (Å²) in [5, 5.41) is 0. The van der Waals surface area contributed by atoms with E-state index in [2.05, 4.69) is 0 Å². The molecule has 0 aromatic rings. The molecular formula is C11H20O4. The van der Waals surface area contributed by atoms with Crippen molar-refractivity contribution in [2.24, 2.45) is 11.8 Å². The lowest BCUT2D eigenvalue weighted by Crippen LogP contribution is -2.22. The Bertz CT molecular complexity index is 191. The van der Waals surface area contributed by atoms with Crippen molar-refractivity contribution in [3.8, 4) is 0 Å². The minimum absolute atomic E-state index is 0.256. The first-order valence-corrected chi connectivity index (χ1v) is 5.36. The molecule has 15 heavy (non-hydrogen) atoms. The van der Waals surface area contributed by atoms with Crippen LogP contribution in [0.2, 0.25) is 0 Å². The maximum absolute atomic E-state index is 11.3. The fraction of sp³-hybridized carbons (Fsp3) is 0.818. The quantitative estimate of drug-likeness (QED) is 0.635. The number of esters is 2. The third kappa shape index (κ3) is 5.40. The molecule has 0 aromatic carbocycles. The van der Waals surface area contributed by atoms with Gasteiger partial charge in [-0.15, -0.1) is 0 Å². The van der Waals surface area contributed by atoms with E-state index in [-0.39, 0.29) is 23.8 Å². The third-order valence-electron chi connectivity index (χ3n) is 2.09. The van der Waals surface area contributed by atoms with Crippen LogP contribution in [0.25, 0.3) is 0 Å². The van der Waals surface area contributed by atoms with Crippen molar-refractivity contribution < 1.29 is 19.1 Å². The van der Waals surface area contributed by atoms with Gasteiger partial charge in [-0.1, -0.05) is 13.8 Å². The third-order valence-corrected chi connectivity index (χ3v) is 2.09. The number of hydrogen-bond acceptors (Lipinski definition) is 4. The largest absolute Gasteiger partial charge is 0.466 e. The molecule has 0 aliphatic rings. The zero-order valence-electron chi connectivity index (χ0n) is 9.91. The van der Waals surface area contributed by atoms with Crippen molar-refractivity contribution in [1.82, 2.24) is 0 Å². The van der Waals surface area contributed by atoms with Crippen molar-refractivity contribution in [2.75, 3.05) is 13.2 Å². The molecule has 0 radical (unpaired) electrons. The molecule has 0 heterocycles. The van der Waals surface area contributed by atoms with Crippen LogP contribution < -0.4 is 0 Å². The first-order chi connectivity index (χ1) is 7.02. The highest BCUT2D eigenvalue weighted by atomic mass is 16.5. The van der Waals surface area contributed by atoms with Crippen molar-refractivity contribution in [1.29, 1.82) is 0 Å². The number of carbonyl (C=O) groups is 2. The standard InChI is InChI=1S/C11H20O4/c1-5-14-10(12)8(3)7-9(4)11(13)15-6-2/h8-9H,5-7H2,1-4H3/t8-,9-/m1/s1. The van der Waals surface area contributed by atoms with E-state index in [4.69, 9.17) is 9.47 Å². The average molecular weight is 216 g/mol. The van der Waals surface area contributed by atoms with Gasteiger partial charge in [0.1, 0.15) is 0 Å². The van der Waals surface area contributed by atoms with Crippen LogP contribution in [0.1, 0.15) is 34.1 Å². The number of ether oxygens (including phenoxy) is 2. The highest BCUT2D eigenvalue weighted by Gasteiger charge is 2.22. The second-order valence-corrected chi connectivity index (χ2v) is 3.54. The number of carbonyl (C=O) groups excluding carboxylic acids is 2. The van der Waals surface area contributed by atoms with Gasteiger partial charge in [-0.05, 0) is 20.3 Å². The Morgan fingerprint density at radius 2 is 1.27 bits per heavy atom. The van der Waals surface area contributed by atoms with Gasteiger partial charge in [-0.2, -0.15) is 0 Å². The molecular weight excluding hydrogens is 196 g/mol. The van der Waals surface area contributed by atoms with Gasteiger partial charge in [0.2, 0.25) is 0 Å². The minimum atomic E-state index is -0.260. The molecule has 4 heteroatoms. The predicted molar refractivity (Wildman–Crippen MR) is 56.2 cm³/mol. The summed E-state index contributed by atoms with van der Waals surface area (Å²) in [7, 11) is 0. The van der Waals surface area contributed by atoms with E-state index < -0.39 is 0 Å². The van der Waals surface area contributed by atoms with Crippen LogP contribution in [0.4, 0.5) is 0 Å². The zero-order valence-corrected chi connectivity index (χ0v) is 9.91. The van der Waals surface area contributed by atoms with E-state index in [1.165, 1.54) is 0 Å². The number of hydrogen-bond donors (Lipinski definition) is 0. The highest BCUT2D eigenvalue weighted by molar-refractivity contribution is 5.75. The van der Waals surface area contributed by atoms with Gasteiger partial charge in [0.05, 0.1) is 25.0 Å². The molecule has 0 spiro atoms. The number of rotatable bonds is 6. The maximum atomic E-state index is 11.3. The Labute approximate surface area is 90.9 Å². The molecule has 0 aromatic heterocycles. The Morgan fingerprint density at radius 1 is 0.933 bits per heavy atom. The van der Waals surface area contributed by atoms with Crippen molar-refractivity contribution in [2.45, 2.75) is 34.1 Å². The topological polar surface area (TPSA) is 52.6 Å². The van der Waals surface area contributed by atoms with Gasteiger partial charge in [-0.25, -0.2) is 0 Å². The summed E-state index contributed by atoms with van der Waals surface area (Å²) < 4.78 is 9.71. The molecule has 0 unspecified atom stereocenters. The van der Waals surface area contributed by atoms with E-state index in [0.29, 0.717) is 19.6 Å². The molecule has 0 bridgehead atoms. The Morgan fingerprint density at radius 3 is 1.53 bits per heavy atom. The summed E-state index contributed by atoms with van der Waals surface area (Å²) >= 11 is 0. The summed E-state index contributed by atoms with van der Waals surface area (Å²) in [6.07, 6.45) is 0.470. The fourth-order valence-electron chi connectivity index (χ4n) is 1.29. The van der Waals surface area contributed by atoms with Gasteiger partial charge in [0.25, 0.3) is 0 Å². The van der Waals surface area contributed by atoms with Crippen LogP contribution in [0, 0.1) is 11.8 Å². The van der Waals surface area contributed by atoms with Gasteiger partial charge < -0.3 is 9.47 Å². The van der Waals surface area contributed by atoms with E-state index >= 15 is 0 Å². The molecule has 0 fully saturated rings. The second-order valence-electron chi connectivity index (χ2n) is 3.54. The smallest absolute Gasteiger partial charge is 0.308 e. The molecule has 0 aliphatic carbocycles. The van der Waals surface area contributed by atoms with Gasteiger partial charge in [-0.3, -0.25) is 9.59 Å². The molecule has 0 saturated heterocycles. The van der Waals surface area contributed by atoms with E-state index in [1.807, 2.05) is 0 Å². The summed E-state index contributed by atoms with van der Waals surface area (Å²) in [5.74, 6) is -1.03. The Kier molecular flexibility index (Phi) is 6.75. The minimum Gasteiger partial charge on any atom is -0.466 e. The molecule has 2 atom stereocenters.